The molecule has 5 rings (SSSR count). The van der Waals surface area contributed by atoms with Crippen LogP contribution in [0.1, 0.15) is 21.5 Å². The highest BCUT2D eigenvalue weighted by Gasteiger charge is 2.24. The summed E-state index contributed by atoms with van der Waals surface area (Å²) in [6.45, 7) is 0.292. The Morgan fingerprint density at radius 2 is 1.68 bits per heavy atom. The number of nitrogen functional groups attached to an aromatic ring is 1. The zero-order valence-electron chi connectivity index (χ0n) is 21.1. The van der Waals surface area contributed by atoms with Gasteiger partial charge in [-0.15, -0.1) is 0 Å². The third-order valence-corrected chi connectivity index (χ3v) is 6.06. The minimum absolute atomic E-state index is 0.112. The van der Waals surface area contributed by atoms with Gasteiger partial charge in [-0.2, -0.15) is 9.78 Å². The fourth-order valence-electron chi connectivity index (χ4n) is 4.14. The zero-order chi connectivity index (χ0) is 26.6. The van der Waals surface area contributed by atoms with Crippen LogP contribution >= 0.6 is 0 Å². The van der Waals surface area contributed by atoms with Gasteiger partial charge in [0.15, 0.2) is 17.1 Å². The van der Waals surface area contributed by atoms with Crippen molar-refractivity contribution in [3.8, 4) is 17.2 Å². The van der Waals surface area contributed by atoms with Crippen molar-refractivity contribution in [1.29, 1.82) is 0 Å². The molecule has 2 heterocycles. The van der Waals surface area contributed by atoms with Crippen molar-refractivity contribution in [3.05, 3.63) is 83.4 Å². The van der Waals surface area contributed by atoms with Gasteiger partial charge in [0.05, 0.1) is 38.6 Å². The third-order valence-electron chi connectivity index (χ3n) is 6.06. The van der Waals surface area contributed by atoms with Crippen LogP contribution in [0.3, 0.4) is 0 Å². The van der Waals surface area contributed by atoms with Crippen LogP contribution in [-0.4, -0.2) is 48.1 Å². The van der Waals surface area contributed by atoms with Gasteiger partial charge in [0.1, 0.15) is 22.6 Å². The van der Waals surface area contributed by atoms with Gasteiger partial charge in [0.2, 0.25) is 0 Å². The summed E-state index contributed by atoms with van der Waals surface area (Å²) in [6.07, 6.45) is 1.58. The van der Waals surface area contributed by atoms with Crippen LogP contribution in [0, 0.1) is 0 Å². The molecule has 0 radical (unpaired) electrons. The van der Waals surface area contributed by atoms with Crippen molar-refractivity contribution in [2.75, 3.05) is 27.1 Å². The molecule has 2 aromatic heterocycles. The van der Waals surface area contributed by atoms with Crippen LogP contribution in [0.5, 0.6) is 17.2 Å². The monoisotopic (exact) mass is 510 g/mol. The first kappa shape index (κ1) is 24.6. The van der Waals surface area contributed by atoms with E-state index in [4.69, 9.17) is 29.9 Å². The highest BCUT2D eigenvalue weighted by molar-refractivity contribution is 6.10. The Morgan fingerprint density at radius 1 is 0.947 bits per heavy atom. The molecule has 10 heteroatoms. The molecule has 0 aliphatic heterocycles. The van der Waals surface area contributed by atoms with E-state index in [0.29, 0.717) is 45.8 Å². The lowest BCUT2D eigenvalue weighted by Crippen LogP contribution is -2.23. The fraction of sp³-hybridized carbons (Fsp3) is 0.143. The lowest BCUT2D eigenvalue weighted by atomic mass is 10.2. The maximum Gasteiger partial charge on any atom is 0.257 e. The number of benzene rings is 3. The van der Waals surface area contributed by atoms with E-state index >= 15 is 0 Å². The number of hydrogen-bond donors (Lipinski definition) is 2. The van der Waals surface area contributed by atoms with Crippen molar-refractivity contribution in [1.82, 2.24) is 20.0 Å². The van der Waals surface area contributed by atoms with Gasteiger partial charge in [-0.25, -0.2) is 9.97 Å². The molecule has 0 saturated heterocycles. The number of aromatic nitrogens is 3. The topological polar surface area (TPSA) is 126 Å². The summed E-state index contributed by atoms with van der Waals surface area (Å²) in [5.41, 5.74) is 10.3. The first-order valence-corrected chi connectivity index (χ1v) is 11.8. The number of para-hydroxylation sites is 3. The maximum atomic E-state index is 13.4. The summed E-state index contributed by atoms with van der Waals surface area (Å²) in [7, 11) is 4.72. The van der Waals surface area contributed by atoms with Crippen LogP contribution in [-0.2, 0) is 6.54 Å². The molecule has 10 nitrogen and oxygen atoms in total. The molecule has 5 aromatic rings. The average Bonchev–Trinajstić information content (AvgIpc) is 3.23. The molecule has 1 amide bonds. The Hall–Kier alpha value is -5.12. The lowest BCUT2D eigenvalue weighted by molar-refractivity contribution is 0.0953. The van der Waals surface area contributed by atoms with Crippen LogP contribution in [0.4, 0.5) is 5.82 Å². The number of nitrogens with two attached hydrogens (primary N) is 1. The number of fused-ring (bicyclic) bond motifs is 2. The van der Waals surface area contributed by atoms with Crippen molar-refractivity contribution in [2.24, 2.45) is 5.10 Å². The molecule has 0 fully saturated rings. The van der Waals surface area contributed by atoms with Crippen LogP contribution in [0.2, 0.25) is 0 Å². The van der Waals surface area contributed by atoms with Gasteiger partial charge in [-0.3, -0.25) is 4.79 Å². The normalized spacial score (nSPS) is 11.2. The number of amides is 1. The highest BCUT2D eigenvalue weighted by Crippen LogP contribution is 2.31. The van der Waals surface area contributed by atoms with Crippen molar-refractivity contribution < 1.29 is 19.0 Å². The van der Waals surface area contributed by atoms with Crippen molar-refractivity contribution in [2.45, 2.75) is 6.54 Å². The zero-order valence-corrected chi connectivity index (χ0v) is 21.1. The van der Waals surface area contributed by atoms with Gasteiger partial charge in [-0.05, 0) is 42.0 Å². The summed E-state index contributed by atoms with van der Waals surface area (Å²) in [5, 5.41) is 7.50. The van der Waals surface area contributed by atoms with E-state index in [1.165, 1.54) is 4.68 Å². The molecular formula is C28H26N6O4. The predicted molar refractivity (Wildman–Crippen MR) is 146 cm³/mol. The number of carbonyl (C=O) groups excluding carboxylic acids is 1. The van der Waals surface area contributed by atoms with Gasteiger partial charge < -0.3 is 25.3 Å². The molecule has 0 unspecified atom stereocenters. The third kappa shape index (κ3) is 4.55. The number of nitrogens with zero attached hydrogens (tertiary/aromatic N) is 4. The summed E-state index contributed by atoms with van der Waals surface area (Å²) in [4.78, 5) is 22.8. The molecule has 38 heavy (non-hydrogen) atoms. The molecule has 0 atom stereocenters. The van der Waals surface area contributed by atoms with Crippen molar-refractivity contribution >= 4 is 40.1 Å². The van der Waals surface area contributed by atoms with E-state index in [0.717, 1.165) is 11.3 Å². The first-order valence-electron chi connectivity index (χ1n) is 11.8. The molecule has 3 aromatic carbocycles. The number of ether oxygens (including phenoxy) is 3. The first-order chi connectivity index (χ1) is 18.5. The molecule has 0 bridgehead atoms. The Labute approximate surface area is 218 Å². The molecule has 0 spiro atoms. The predicted octanol–water partition coefficient (Wildman–Crippen LogP) is 4.00. The SMILES string of the molecule is COc1ccc(CNC(=O)c2c(N)n(N=Cc3cccc(OC)c3OC)c3nc4ccccc4nc23)cc1. The lowest BCUT2D eigenvalue weighted by Gasteiger charge is -2.09. The maximum absolute atomic E-state index is 13.4. The van der Waals surface area contributed by atoms with E-state index < -0.39 is 0 Å². The number of nitrogens with one attached hydrogen (secondary N) is 1. The number of rotatable bonds is 8. The molecule has 0 saturated carbocycles. The number of carbonyl (C=O) groups is 1. The number of anilines is 1. The molecule has 0 aliphatic rings. The Bertz CT molecular complexity index is 1660. The summed E-state index contributed by atoms with van der Waals surface area (Å²) < 4.78 is 17.5. The van der Waals surface area contributed by atoms with E-state index in [2.05, 4.69) is 10.4 Å². The second-order valence-electron chi connectivity index (χ2n) is 8.31. The molecule has 0 aliphatic carbocycles. The number of methoxy groups -OCH3 is 3. The fourth-order valence-corrected chi connectivity index (χ4v) is 4.14. The molecule has 192 valence electrons. The van der Waals surface area contributed by atoms with E-state index in [9.17, 15) is 4.79 Å². The largest absolute Gasteiger partial charge is 0.497 e. The van der Waals surface area contributed by atoms with Gasteiger partial charge in [-0.1, -0.05) is 30.3 Å². The van der Waals surface area contributed by atoms with Crippen LogP contribution in [0.25, 0.3) is 22.2 Å². The van der Waals surface area contributed by atoms with E-state index in [-0.39, 0.29) is 17.3 Å². The van der Waals surface area contributed by atoms with Gasteiger partial charge >= 0.3 is 0 Å². The second kappa shape index (κ2) is 10.5. The van der Waals surface area contributed by atoms with E-state index in [1.807, 2.05) is 60.7 Å². The van der Waals surface area contributed by atoms with Gasteiger partial charge in [0, 0.05) is 12.1 Å². The second-order valence-corrected chi connectivity index (χ2v) is 8.31. The van der Waals surface area contributed by atoms with Crippen molar-refractivity contribution in [3.63, 3.8) is 0 Å². The average molecular weight is 511 g/mol. The quantitative estimate of drug-likeness (QED) is 0.302. The highest BCUT2D eigenvalue weighted by atomic mass is 16.5. The van der Waals surface area contributed by atoms with Crippen LogP contribution in [0.15, 0.2) is 71.8 Å². The van der Waals surface area contributed by atoms with Gasteiger partial charge in [0.25, 0.3) is 5.91 Å². The number of hydrogen-bond acceptors (Lipinski definition) is 8. The minimum Gasteiger partial charge on any atom is -0.497 e. The van der Waals surface area contributed by atoms with Crippen LogP contribution < -0.4 is 25.3 Å². The summed E-state index contributed by atoms with van der Waals surface area (Å²) >= 11 is 0. The standard InChI is InChI=1S/C28H26N6O4/c1-36-19-13-11-17(12-14-19)15-30-28(35)23-24-27(33-21-9-5-4-8-20(21)32-24)34(26(23)29)31-16-18-7-6-10-22(37-2)25(18)38-3/h4-14,16H,15,29H2,1-3H3,(H,30,35). The summed E-state index contributed by atoms with van der Waals surface area (Å²) in [5.74, 6) is 1.54. The molecule has 3 N–H and O–H groups in total. The Kier molecular flexibility index (Phi) is 6.77. The minimum atomic E-state index is -0.388. The Morgan fingerprint density at radius 3 is 2.37 bits per heavy atom. The smallest absolute Gasteiger partial charge is 0.257 e. The molecular weight excluding hydrogens is 484 g/mol. The summed E-state index contributed by atoms with van der Waals surface area (Å²) in [6, 6.07) is 20.3. The van der Waals surface area contributed by atoms with E-state index in [1.54, 1.807) is 33.6 Å². The Balaban J connectivity index is 1.57.